The van der Waals surface area contributed by atoms with Gasteiger partial charge in [-0.3, -0.25) is 24.2 Å². The highest BCUT2D eigenvalue weighted by Gasteiger charge is 2.35. The Morgan fingerprint density at radius 2 is 1.87 bits per heavy atom. The monoisotopic (exact) mass is 409 g/mol. The Kier molecular flexibility index (Phi) is 6.41. The Morgan fingerprint density at radius 3 is 2.53 bits per heavy atom. The molecular formula is C21H23N5O4. The van der Waals surface area contributed by atoms with Crippen LogP contribution in [-0.4, -0.2) is 46.1 Å². The van der Waals surface area contributed by atoms with Gasteiger partial charge in [0.05, 0.1) is 23.5 Å². The van der Waals surface area contributed by atoms with Crippen molar-refractivity contribution in [1.82, 2.24) is 15.2 Å². The van der Waals surface area contributed by atoms with Crippen molar-refractivity contribution in [3.63, 3.8) is 0 Å². The van der Waals surface area contributed by atoms with Crippen molar-refractivity contribution in [2.45, 2.75) is 31.8 Å². The molecule has 156 valence electrons. The molecule has 30 heavy (non-hydrogen) atoms. The summed E-state index contributed by atoms with van der Waals surface area (Å²) in [6, 6.07) is 10.3. The summed E-state index contributed by atoms with van der Waals surface area (Å²) in [6.07, 6.45) is 3.65. The molecular weight excluding hydrogens is 386 g/mol. The molecule has 4 N–H and O–H groups in total. The van der Waals surface area contributed by atoms with E-state index >= 15 is 0 Å². The van der Waals surface area contributed by atoms with Gasteiger partial charge in [0, 0.05) is 25.7 Å². The molecule has 2 heterocycles. The van der Waals surface area contributed by atoms with Gasteiger partial charge in [0.25, 0.3) is 0 Å². The zero-order valence-electron chi connectivity index (χ0n) is 16.5. The van der Waals surface area contributed by atoms with Crippen LogP contribution in [0.2, 0.25) is 0 Å². The highest BCUT2D eigenvalue weighted by molar-refractivity contribution is 6.39. The number of nitrogens with zero attached hydrogens (tertiary/aromatic N) is 2. The Morgan fingerprint density at radius 1 is 1.13 bits per heavy atom. The number of hydrogen-bond donors (Lipinski definition) is 3. The number of amides is 4. The predicted molar refractivity (Wildman–Crippen MR) is 109 cm³/mol. The zero-order valence-corrected chi connectivity index (χ0v) is 16.5. The number of nitrogens with two attached hydrogens (primary N) is 1. The quantitative estimate of drug-likeness (QED) is 0.647. The number of aromatic nitrogens is 1. The molecule has 1 fully saturated rings. The number of rotatable bonds is 4. The first-order valence-corrected chi connectivity index (χ1v) is 9.54. The van der Waals surface area contributed by atoms with E-state index < -0.39 is 17.7 Å². The van der Waals surface area contributed by atoms with Gasteiger partial charge in [-0.1, -0.05) is 30.3 Å². The van der Waals surface area contributed by atoms with Crippen LogP contribution in [0.3, 0.4) is 0 Å². The van der Waals surface area contributed by atoms with Crippen molar-refractivity contribution in [2.75, 3.05) is 11.9 Å². The molecule has 2 atom stereocenters. The minimum absolute atomic E-state index is 0.0868. The molecule has 0 unspecified atom stereocenters. The predicted octanol–water partition coefficient (Wildman–Crippen LogP) is 0.987. The lowest BCUT2D eigenvalue weighted by atomic mass is 9.91. The van der Waals surface area contributed by atoms with Crippen LogP contribution in [0.15, 0.2) is 48.8 Å². The third kappa shape index (κ3) is 4.99. The third-order valence-corrected chi connectivity index (χ3v) is 4.93. The van der Waals surface area contributed by atoms with E-state index in [1.54, 1.807) is 0 Å². The molecule has 9 nitrogen and oxygen atoms in total. The first-order chi connectivity index (χ1) is 14.3. The number of benzene rings is 1. The summed E-state index contributed by atoms with van der Waals surface area (Å²) >= 11 is 0. The van der Waals surface area contributed by atoms with Gasteiger partial charge >= 0.3 is 11.8 Å². The average Bonchev–Trinajstić information content (AvgIpc) is 2.73. The van der Waals surface area contributed by atoms with Crippen LogP contribution >= 0.6 is 0 Å². The van der Waals surface area contributed by atoms with Crippen LogP contribution in [0.4, 0.5) is 5.69 Å². The van der Waals surface area contributed by atoms with Crippen LogP contribution in [0, 0.1) is 0 Å². The van der Waals surface area contributed by atoms with Crippen molar-refractivity contribution in [1.29, 1.82) is 0 Å². The zero-order chi connectivity index (χ0) is 21.7. The largest absolute Gasteiger partial charge is 0.366 e. The van der Waals surface area contributed by atoms with Crippen molar-refractivity contribution >= 4 is 29.3 Å². The summed E-state index contributed by atoms with van der Waals surface area (Å²) in [4.78, 5) is 53.7. The fraction of sp³-hybridized carbons (Fsp3) is 0.286. The number of primary amides is 1. The van der Waals surface area contributed by atoms with E-state index in [-0.39, 0.29) is 29.2 Å². The number of nitrogens with one attached hydrogen (secondary N) is 2. The molecule has 1 saturated heterocycles. The average molecular weight is 409 g/mol. The topological polar surface area (TPSA) is 134 Å². The number of likely N-dealkylation sites (tertiary alicyclic amines) is 1. The van der Waals surface area contributed by atoms with Gasteiger partial charge in [0.2, 0.25) is 11.8 Å². The molecule has 1 aromatic heterocycles. The van der Waals surface area contributed by atoms with Gasteiger partial charge in [-0.2, -0.15) is 0 Å². The Labute approximate surface area is 173 Å². The molecule has 1 aliphatic rings. The van der Waals surface area contributed by atoms with Gasteiger partial charge in [0.15, 0.2) is 0 Å². The number of anilines is 1. The Balaban J connectivity index is 1.78. The van der Waals surface area contributed by atoms with Crippen LogP contribution in [0.25, 0.3) is 0 Å². The highest BCUT2D eigenvalue weighted by Crippen LogP contribution is 2.31. The van der Waals surface area contributed by atoms with E-state index in [2.05, 4.69) is 15.6 Å². The van der Waals surface area contributed by atoms with Crippen molar-refractivity contribution in [3.8, 4) is 0 Å². The lowest BCUT2D eigenvalue weighted by Crippen LogP contribution is -2.50. The summed E-state index contributed by atoms with van der Waals surface area (Å²) in [6.45, 7) is 1.77. The summed E-state index contributed by atoms with van der Waals surface area (Å²) in [5.74, 6) is -2.35. The van der Waals surface area contributed by atoms with Crippen molar-refractivity contribution in [2.24, 2.45) is 5.73 Å². The second-order valence-electron chi connectivity index (χ2n) is 7.13. The van der Waals surface area contributed by atoms with E-state index in [0.29, 0.717) is 19.4 Å². The maximum absolute atomic E-state index is 12.9. The van der Waals surface area contributed by atoms with Crippen LogP contribution in [0.1, 0.15) is 41.7 Å². The normalized spacial score (nSPS) is 18.4. The van der Waals surface area contributed by atoms with Gasteiger partial charge < -0.3 is 21.3 Å². The second kappa shape index (κ2) is 9.17. The van der Waals surface area contributed by atoms with E-state index in [4.69, 9.17) is 5.73 Å². The van der Waals surface area contributed by atoms with E-state index in [1.165, 1.54) is 30.3 Å². The summed E-state index contributed by atoms with van der Waals surface area (Å²) in [5.41, 5.74) is 6.43. The number of carbonyl (C=O) groups is 4. The Hall–Kier alpha value is -3.75. The molecule has 4 amide bonds. The van der Waals surface area contributed by atoms with Crippen LogP contribution < -0.4 is 16.4 Å². The van der Waals surface area contributed by atoms with Gasteiger partial charge in [-0.05, 0) is 24.5 Å². The lowest BCUT2D eigenvalue weighted by Gasteiger charge is -2.39. The van der Waals surface area contributed by atoms with E-state index in [0.717, 1.165) is 5.56 Å². The fourth-order valence-corrected chi connectivity index (χ4v) is 3.58. The second-order valence-corrected chi connectivity index (χ2v) is 7.13. The summed E-state index contributed by atoms with van der Waals surface area (Å²) < 4.78 is 0. The molecule has 0 bridgehead atoms. The Bertz CT molecular complexity index is 963. The first-order valence-electron chi connectivity index (χ1n) is 9.54. The minimum Gasteiger partial charge on any atom is -0.366 e. The maximum Gasteiger partial charge on any atom is 0.313 e. The number of carbonyl (C=O) groups excluding carboxylic acids is 4. The molecule has 1 aromatic carbocycles. The fourth-order valence-electron chi connectivity index (χ4n) is 3.58. The van der Waals surface area contributed by atoms with Gasteiger partial charge in [-0.25, -0.2) is 0 Å². The first kappa shape index (κ1) is 21.0. The van der Waals surface area contributed by atoms with Gasteiger partial charge in [-0.15, -0.1) is 0 Å². The SMILES string of the molecule is CC(=O)N[C@H]1CCN(C(=O)C(=O)Nc2cncc(C(N)=O)c2)[C@@H](c2ccccc2)C1. The van der Waals surface area contributed by atoms with E-state index in [9.17, 15) is 19.2 Å². The molecule has 3 rings (SSSR count). The maximum atomic E-state index is 12.9. The number of pyridine rings is 1. The van der Waals surface area contributed by atoms with Crippen molar-refractivity contribution in [3.05, 3.63) is 59.9 Å². The number of hydrogen-bond acceptors (Lipinski definition) is 5. The standard InChI is InChI=1S/C21H23N5O4/c1-13(27)24-16-7-8-26(18(10-16)14-5-3-2-4-6-14)21(30)20(29)25-17-9-15(19(22)28)11-23-12-17/h2-6,9,11-12,16,18H,7-8,10H2,1H3,(H2,22,28)(H,24,27)(H,25,29)/t16-,18+/m0/s1. The van der Waals surface area contributed by atoms with Crippen molar-refractivity contribution < 1.29 is 19.2 Å². The molecule has 0 radical (unpaired) electrons. The van der Waals surface area contributed by atoms with Crippen LogP contribution in [-0.2, 0) is 14.4 Å². The molecule has 0 saturated carbocycles. The lowest BCUT2D eigenvalue weighted by molar-refractivity contribution is -0.146. The summed E-state index contributed by atoms with van der Waals surface area (Å²) in [7, 11) is 0. The van der Waals surface area contributed by atoms with Gasteiger partial charge in [0.1, 0.15) is 0 Å². The third-order valence-electron chi connectivity index (χ3n) is 4.93. The molecule has 2 aromatic rings. The van der Waals surface area contributed by atoms with Crippen LogP contribution in [0.5, 0.6) is 0 Å². The minimum atomic E-state index is -0.836. The molecule has 0 aliphatic carbocycles. The van der Waals surface area contributed by atoms with E-state index in [1.807, 2.05) is 30.3 Å². The molecule has 1 aliphatic heterocycles. The molecule has 0 spiro atoms. The number of piperidine rings is 1. The highest BCUT2D eigenvalue weighted by atomic mass is 16.2. The molecule has 9 heteroatoms. The summed E-state index contributed by atoms with van der Waals surface area (Å²) in [5, 5.41) is 5.38. The smallest absolute Gasteiger partial charge is 0.313 e.